The fourth-order valence-corrected chi connectivity index (χ4v) is 4.99. The summed E-state index contributed by atoms with van der Waals surface area (Å²) in [7, 11) is 0. The Bertz CT molecular complexity index is 1060. The van der Waals surface area contributed by atoms with E-state index < -0.39 is 29.7 Å². The van der Waals surface area contributed by atoms with Gasteiger partial charge in [-0.1, -0.05) is 45.1 Å². The van der Waals surface area contributed by atoms with E-state index >= 15 is 0 Å². The van der Waals surface area contributed by atoms with E-state index in [0.717, 1.165) is 4.91 Å². The summed E-state index contributed by atoms with van der Waals surface area (Å²) in [6, 6.07) is 4.18. The van der Waals surface area contributed by atoms with Crippen molar-refractivity contribution >= 4 is 23.6 Å². The van der Waals surface area contributed by atoms with E-state index in [1.165, 1.54) is 24.3 Å². The minimum Gasteiger partial charge on any atom is -0.492 e. The van der Waals surface area contributed by atoms with E-state index in [1.807, 2.05) is 26.0 Å². The first-order valence-electron chi connectivity index (χ1n) is 11.1. The topological polar surface area (TPSA) is 84.9 Å². The smallest absolute Gasteiger partial charge is 0.492 e. The number of fused-ring (bicyclic) bond motifs is 1. The van der Waals surface area contributed by atoms with Crippen LogP contribution >= 0.6 is 11.8 Å². The molecule has 2 N–H and O–H groups in total. The predicted molar refractivity (Wildman–Crippen MR) is 126 cm³/mol. The lowest BCUT2D eigenvalue weighted by atomic mass is 9.81. The summed E-state index contributed by atoms with van der Waals surface area (Å²) in [4.78, 5) is 26.2. The Morgan fingerprint density at radius 1 is 1.20 bits per heavy atom. The number of allylic oxidation sites excluding steroid dienone is 2. The van der Waals surface area contributed by atoms with Crippen LogP contribution in [0.3, 0.4) is 0 Å². The lowest BCUT2D eigenvalue weighted by Gasteiger charge is -2.32. The van der Waals surface area contributed by atoms with Crippen LogP contribution in [-0.4, -0.2) is 34.6 Å². The van der Waals surface area contributed by atoms with Gasteiger partial charge in [-0.05, 0) is 47.4 Å². The molecule has 3 atom stereocenters. The molecule has 0 fully saturated rings. The van der Waals surface area contributed by atoms with Crippen molar-refractivity contribution in [2.75, 3.05) is 0 Å². The molecule has 1 heterocycles. The standard InChI is InChI=1S/C25H28F3NO5S/c1-5-24(3,4)21(23(31)32)29-22(30)17-10-11-19-18(12-14(2)35-19)20(17)33-13-15-6-8-16(9-7-15)34-25(26,27)28/h6-12,18-19,21H,5,13H2,1-4H3,(H,29,30)(H,31,32)/t18?,19?,21-/m1/s1. The van der Waals surface area contributed by atoms with E-state index in [9.17, 15) is 27.9 Å². The van der Waals surface area contributed by atoms with Gasteiger partial charge >= 0.3 is 12.3 Å². The molecule has 1 aliphatic carbocycles. The van der Waals surface area contributed by atoms with Crippen LogP contribution in [0.25, 0.3) is 0 Å². The average molecular weight is 512 g/mol. The molecular weight excluding hydrogens is 483 g/mol. The molecule has 6 nitrogen and oxygen atoms in total. The Labute approximate surface area is 206 Å². The first kappa shape index (κ1) is 26.7. The van der Waals surface area contributed by atoms with Crippen LogP contribution in [0, 0.1) is 11.3 Å². The number of ether oxygens (including phenoxy) is 2. The summed E-state index contributed by atoms with van der Waals surface area (Å²) < 4.78 is 47.2. The zero-order valence-electron chi connectivity index (χ0n) is 19.8. The van der Waals surface area contributed by atoms with Crippen molar-refractivity contribution in [3.05, 3.63) is 64.3 Å². The number of benzene rings is 1. The van der Waals surface area contributed by atoms with Crippen molar-refractivity contribution < 1.29 is 37.3 Å². The second-order valence-electron chi connectivity index (χ2n) is 9.09. The maximum Gasteiger partial charge on any atom is 0.573 e. The molecule has 3 rings (SSSR count). The van der Waals surface area contributed by atoms with Gasteiger partial charge in [-0.2, -0.15) is 0 Å². The van der Waals surface area contributed by atoms with E-state index in [2.05, 4.69) is 10.1 Å². The van der Waals surface area contributed by atoms with Crippen LogP contribution in [0.5, 0.6) is 5.75 Å². The van der Waals surface area contributed by atoms with Gasteiger partial charge in [-0.15, -0.1) is 24.9 Å². The van der Waals surface area contributed by atoms with Gasteiger partial charge in [-0.3, -0.25) is 4.79 Å². The Balaban J connectivity index is 1.85. The highest BCUT2D eigenvalue weighted by Crippen LogP contribution is 2.44. The number of halogens is 3. The number of carbonyl (C=O) groups excluding carboxylic acids is 1. The summed E-state index contributed by atoms with van der Waals surface area (Å²) in [5.41, 5.74) is 0.136. The van der Waals surface area contributed by atoms with Gasteiger partial charge < -0.3 is 19.9 Å². The van der Waals surface area contributed by atoms with Crippen LogP contribution < -0.4 is 10.1 Å². The monoisotopic (exact) mass is 511 g/mol. The largest absolute Gasteiger partial charge is 0.573 e. The lowest BCUT2D eigenvalue weighted by molar-refractivity contribution is -0.274. The Morgan fingerprint density at radius 2 is 1.86 bits per heavy atom. The third-order valence-corrected chi connectivity index (χ3v) is 7.35. The second kappa shape index (κ2) is 10.4. The van der Waals surface area contributed by atoms with Crippen molar-refractivity contribution in [1.82, 2.24) is 5.32 Å². The molecule has 0 saturated heterocycles. The predicted octanol–water partition coefficient (Wildman–Crippen LogP) is 5.57. The zero-order chi connectivity index (χ0) is 26.0. The molecule has 0 radical (unpaired) electrons. The van der Waals surface area contributed by atoms with Gasteiger partial charge in [0, 0.05) is 5.25 Å². The van der Waals surface area contributed by atoms with Crippen LogP contribution in [0.1, 0.15) is 39.7 Å². The average Bonchev–Trinajstić information content (AvgIpc) is 3.15. The van der Waals surface area contributed by atoms with Crippen molar-refractivity contribution in [1.29, 1.82) is 0 Å². The van der Waals surface area contributed by atoms with Gasteiger partial charge in [0.25, 0.3) is 5.91 Å². The SMILES string of the molecule is CCC(C)(C)[C@H](NC(=O)C1=C(OCc2ccc(OC(F)(F)F)cc2)C2C=C(C)SC2C=C1)C(=O)O. The molecule has 190 valence electrons. The Kier molecular flexibility index (Phi) is 7.93. The van der Waals surface area contributed by atoms with Crippen molar-refractivity contribution in [2.45, 2.75) is 58.4 Å². The number of hydrogen-bond donors (Lipinski definition) is 2. The fourth-order valence-electron chi connectivity index (χ4n) is 3.83. The number of amides is 1. The van der Waals surface area contributed by atoms with Crippen molar-refractivity contribution in [3.8, 4) is 5.75 Å². The maximum absolute atomic E-state index is 13.2. The molecule has 2 aliphatic rings. The fraction of sp³-hybridized carbons (Fsp3) is 0.440. The van der Waals surface area contributed by atoms with Gasteiger partial charge in [0.2, 0.25) is 0 Å². The van der Waals surface area contributed by atoms with Gasteiger partial charge in [0.1, 0.15) is 24.2 Å². The summed E-state index contributed by atoms with van der Waals surface area (Å²) in [5.74, 6) is -1.85. The number of nitrogens with one attached hydrogen (secondary N) is 1. The maximum atomic E-state index is 13.2. The minimum atomic E-state index is -4.78. The van der Waals surface area contributed by atoms with Gasteiger partial charge in [0.05, 0.1) is 11.5 Å². The number of carboxylic acids is 1. The molecule has 10 heteroatoms. The molecule has 1 aromatic carbocycles. The number of carboxylic acid groups (broad SMARTS) is 1. The second-order valence-corrected chi connectivity index (χ2v) is 10.5. The Hall–Kier alpha value is -2.88. The first-order chi connectivity index (χ1) is 16.3. The highest BCUT2D eigenvalue weighted by atomic mass is 32.2. The molecule has 0 aromatic heterocycles. The Morgan fingerprint density at radius 3 is 2.43 bits per heavy atom. The third-order valence-electron chi connectivity index (χ3n) is 6.12. The van der Waals surface area contributed by atoms with E-state index in [4.69, 9.17) is 4.74 Å². The van der Waals surface area contributed by atoms with E-state index in [0.29, 0.717) is 17.7 Å². The third kappa shape index (κ3) is 6.62. The number of aliphatic carboxylic acids is 1. The number of thioether (sulfide) groups is 1. The highest BCUT2D eigenvalue weighted by molar-refractivity contribution is 8.04. The summed E-state index contributed by atoms with van der Waals surface area (Å²) >= 11 is 1.63. The molecule has 35 heavy (non-hydrogen) atoms. The molecule has 1 amide bonds. The summed E-state index contributed by atoms with van der Waals surface area (Å²) in [6.45, 7) is 7.37. The molecular formula is C25H28F3NO5S. The lowest BCUT2D eigenvalue weighted by Crippen LogP contribution is -2.50. The van der Waals surface area contributed by atoms with Crippen LogP contribution in [-0.2, 0) is 20.9 Å². The molecule has 0 saturated carbocycles. The van der Waals surface area contributed by atoms with E-state index in [1.54, 1.807) is 31.7 Å². The number of carbonyl (C=O) groups is 2. The molecule has 2 unspecified atom stereocenters. The zero-order valence-corrected chi connectivity index (χ0v) is 20.6. The molecule has 0 spiro atoms. The number of alkyl halides is 3. The van der Waals surface area contributed by atoms with Gasteiger partial charge in [-0.25, -0.2) is 4.79 Å². The van der Waals surface area contributed by atoms with Gasteiger partial charge in [0.15, 0.2) is 0 Å². The van der Waals surface area contributed by atoms with Crippen LogP contribution in [0.4, 0.5) is 13.2 Å². The molecule has 0 bridgehead atoms. The quantitative estimate of drug-likeness (QED) is 0.451. The molecule has 1 aromatic rings. The summed E-state index contributed by atoms with van der Waals surface area (Å²) in [6.07, 6.45) is 1.29. The molecule has 1 aliphatic heterocycles. The first-order valence-corrected chi connectivity index (χ1v) is 12.0. The minimum absolute atomic E-state index is 0.00976. The van der Waals surface area contributed by atoms with Crippen LogP contribution in [0.15, 0.2) is 58.7 Å². The summed E-state index contributed by atoms with van der Waals surface area (Å²) in [5, 5.41) is 12.4. The van der Waals surface area contributed by atoms with Crippen molar-refractivity contribution in [2.24, 2.45) is 11.3 Å². The van der Waals surface area contributed by atoms with Crippen molar-refractivity contribution in [3.63, 3.8) is 0 Å². The number of hydrogen-bond acceptors (Lipinski definition) is 5. The highest BCUT2D eigenvalue weighted by Gasteiger charge is 2.39. The normalized spacial score (nSPS) is 20.7. The van der Waals surface area contributed by atoms with Crippen LogP contribution in [0.2, 0.25) is 0 Å². The van der Waals surface area contributed by atoms with E-state index in [-0.39, 0.29) is 29.1 Å². The number of rotatable bonds is 9.